The quantitative estimate of drug-likeness (QED) is 0.0249. The molecule has 6 aromatic rings. The van der Waals surface area contributed by atoms with Crippen LogP contribution in [-0.4, -0.2) is 167 Å². The summed E-state index contributed by atoms with van der Waals surface area (Å²) in [7, 11) is 0. The van der Waals surface area contributed by atoms with E-state index in [0.717, 1.165) is 21.7 Å². The number of carbonyl (C=O) groups excluding carboxylic acids is 10. The number of aliphatic carboxylic acids is 1. The molecule has 27 nitrogen and oxygen atoms in total. The van der Waals surface area contributed by atoms with Gasteiger partial charge in [-0.15, -0.1) is 0 Å². The van der Waals surface area contributed by atoms with Crippen LogP contribution in [-0.2, 0) is 83.0 Å². The third-order valence-corrected chi connectivity index (χ3v) is 15.8. The lowest BCUT2D eigenvalue weighted by molar-refractivity contribution is -0.143. The molecule has 103 heavy (non-hydrogen) atoms. The number of benzene rings is 4. The molecule has 7 N–H and O–H groups in total. The number of nitrogens with one attached hydrogen (secondary N) is 6. The van der Waals surface area contributed by atoms with Crippen molar-refractivity contribution in [3.8, 4) is 5.75 Å². The number of hydrogen-bond donors (Lipinski definition) is 7. The first-order valence-electron chi connectivity index (χ1n) is 34.5. The third kappa shape index (κ3) is 24.2. The smallest absolute Gasteiger partial charge is 0.419 e. The molecule has 3 heterocycles. The molecule has 0 spiro atoms. The summed E-state index contributed by atoms with van der Waals surface area (Å²) < 4.78 is 31.4. The Morgan fingerprint density at radius 1 is 0.524 bits per heavy atom. The molecule has 1 aliphatic heterocycles. The van der Waals surface area contributed by atoms with Crippen molar-refractivity contribution >= 4 is 87.3 Å². The van der Waals surface area contributed by atoms with Gasteiger partial charge in [0.1, 0.15) is 76.8 Å². The van der Waals surface area contributed by atoms with Crippen LogP contribution in [0.1, 0.15) is 159 Å². The number of amides is 8. The van der Waals surface area contributed by atoms with Crippen molar-refractivity contribution in [3.05, 3.63) is 132 Å². The van der Waals surface area contributed by atoms with Crippen LogP contribution in [0.15, 0.2) is 110 Å². The van der Waals surface area contributed by atoms with E-state index < -0.39 is 155 Å². The van der Waals surface area contributed by atoms with Crippen LogP contribution >= 0.6 is 0 Å². The van der Waals surface area contributed by atoms with Crippen molar-refractivity contribution in [1.82, 2.24) is 50.9 Å². The van der Waals surface area contributed by atoms with Gasteiger partial charge in [-0.3, -0.25) is 38.1 Å². The molecule has 1 saturated heterocycles. The molecule has 0 unspecified atom stereocenters. The highest BCUT2D eigenvalue weighted by atomic mass is 16.6. The standard InChI is InChI=1S/C76H100N10O17/c1-44(2)34-57(68(94)95)82-63(89)54(37-46-26-29-47-22-18-19-23-48(47)35-46)78-62(88)53(36-45-27-30-51(31-28-45)100-73(6,7)8)79-66(92)58(42-99-72(3,4)5)83-64(90)55(38-49-40-85(70(97)102-75(12,13)14)59-25-21-20-24-52(49)59)80-65(91)56(39-50-41-84(43-77-50)69(96)101-74(9,10)11)81-67(93)60-32-33-61(87)86(60)71(98)103-76(15,16)17/h18-31,35,40-41,43-44,53-58,60H,32-34,36-39,42H2,1-17H3,(H,78,88)(H,79,92)(H,80,91)(H,81,93)(H,82,89)(H,83,90)(H,94,95)/t53-,54+,55-,56-,57-,58-,60-/m0/s1. The van der Waals surface area contributed by atoms with Crippen molar-refractivity contribution in [2.24, 2.45) is 5.92 Å². The monoisotopic (exact) mass is 1420 g/mol. The van der Waals surface area contributed by atoms with Crippen molar-refractivity contribution < 1.29 is 81.5 Å². The van der Waals surface area contributed by atoms with Gasteiger partial charge in [-0.1, -0.05) is 86.6 Å². The zero-order chi connectivity index (χ0) is 76.3. The Kier molecular flexibility index (Phi) is 25.9. The van der Waals surface area contributed by atoms with Crippen LogP contribution in [0.3, 0.4) is 0 Å². The number of imide groups is 1. The zero-order valence-electron chi connectivity index (χ0n) is 61.9. The molecule has 0 radical (unpaired) electrons. The van der Waals surface area contributed by atoms with Crippen molar-refractivity contribution in [2.45, 2.75) is 233 Å². The summed E-state index contributed by atoms with van der Waals surface area (Å²) in [6.07, 6.45) is -0.439. The molecular formula is C76H100N10O17. The number of likely N-dealkylation sites (tertiary alicyclic amines) is 1. The SMILES string of the molecule is CC(C)C[C@H](NC(=O)[C@@H](Cc1ccc2ccccc2c1)NC(=O)[C@H](Cc1ccc(OC(C)(C)C)cc1)NC(=O)[C@H](COC(C)(C)C)NC(=O)[C@H](Cc1cn(C(=O)OC(C)(C)C)c2ccccc12)NC(=O)[C@H](Cc1cn(C(=O)OC(C)(C)C)cn1)NC(=O)[C@@H]1CCC(=O)N1C(=O)OC(C)(C)C)C(=O)O. The lowest BCUT2D eigenvalue weighted by atomic mass is 9.99. The van der Waals surface area contributed by atoms with Gasteiger partial charge in [0, 0.05) is 49.9 Å². The molecule has 0 bridgehead atoms. The number of nitrogens with zero attached hydrogens (tertiary/aromatic N) is 4. The topological polar surface area (TPSA) is 352 Å². The van der Waals surface area contributed by atoms with Crippen molar-refractivity contribution in [2.75, 3.05) is 6.61 Å². The molecule has 4 aromatic carbocycles. The van der Waals surface area contributed by atoms with E-state index in [-0.39, 0.29) is 43.7 Å². The molecule has 1 aliphatic rings. The Hall–Kier alpha value is -10.2. The largest absolute Gasteiger partial charge is 0.488 e. The van der Waals surface area contributed by atoms with Crippen LogP contribution in [0, 0.1) is 5.92 Å². The van der Waals surface area contributed by atoms with E-state index in [2.05, 4.69) is 36.9 Å². The summed E-state index contributed by atoms with van der Waals surface area (Å²) in [5.41, 5.74) is -2.70. The van der Waals surface area contributed by atoms with E-state index >= 15 is 19.2 Å². The first-order valence-corrected chi connectivity index (χ1v) is 34.5. The predicted molar refractivity (Wildman–Crippen MR) is 383 cm³/mol. The molecule has 27 heteroatoms. The van der Waals surface area contributed by atoms with Gasteiger partial charge in [0.05, 0.1) is 23.4 Å². The Labute approximate surface area is 600 Å². The summed E-state index contributed by atoms with van der Waals surface area (Å²) in [5.74, 6) is -7.39. The fraction of sp³-hybridized carbons (Fsp3) is 0.500. The van der Waals surface area contributed by atoms with Crippen LogP contribution in [0.4, 0.5) is 14.4 Å². The molecule has 7 atom stereocenters. The number of carboxylic acid groups (broad SMARTS) is 1. The average molecular weight is 1430 g/mol. The number of fused-ring (bicyclic) bond motifs is 2. The predicted octanol–water partition coefficient (Wildman–Crippen LogP) is 8.79. The molecule has 0 saturated carbocycles. The molecule has 7 rings (SSSR count). The highest BCUT2D eigenvalue weighted by Crippen LogP contribution is 2.28. The van der Waals surface area contributed by atoms with Crippen LogP contribution in [0.2, 0.25) is 0 Å². The lowest BCUT2D eigenvalue weighted by Crippen LogP contribution is -2.61. The number of imidazole rings is 1. The van der Waals surface area contributed by atoms with Gasteiger partial charge in [-0.2, -0.15) is 0 Å². The minimum atomic E-state index is -1.74. The van der Waals surface area contributed by atoms with Crippen LogP contribution in [0.25, 0.3) is 21.7 Å². The summed E-state index contributed by atoms with van der Waals surface area (Å²) in [4.78, 5) is 163. The minimum Gasteiger partial charge on any atom is -0.488 e. The van der Waals surface area contributed by atoms with E-state index in [9.17, 15) is 38.7 Å². The van der Waals surface area contributed by atoms with E-state index in [4.69, 9.17) is 23.7 Å². The van der Waals surface area contributed by atoms with E-state index in [1.165, 1.54) is 17.0 Å². The number of rotatable bonds is 26. The second-order valence-electron chi connectivity index (χ2n) is 31.2. The van der Waals surface area contributed by atoms with Crippen molar-refractivity contribution in [3.63, 3.8) is 0 Å². The summed E-state index contributed by atoms with van der Waals surface area (Å²) in [5, 5.41) is 28.9. The van der Waals surface area contributed by atoms with Gasteiger partial charge in [0.15, 0.2) is 0 Å². The highest BCUT2D eigenvalue weighted by molar-refractivity contribution is 6.03. The molecule has 556 valence electrons. The third-order valence-electron chi connectivity index (χ3n) is 15.8. The van der Waals surface area contributed by atoms with E-state index in [0.29, 0.717) is 38.2 Å². The molecule has 1 fully saturated rings. The Morgan fingerprint density at radius 2 is 1.02 bits per heavy atom. The van der Waals surface area contributed by atoms with Gasteiger partial charge >= 0.3 is 24.2 Å². The first kappa shape index (κ1) is 80.1. The Bertz CT molecular complexity index is 4090. The Balaban J connectivity index is 1.31. The van der Waals surface area contributed by atoms with Gasteiger partial charge in [0.2, 0.25) is 41.4 Å². The molecule has 0 aliphatic carbocycles. The number of ether oxygens (including phenoxy) is 5. The lowest BCUT2D eigenvalue weighted by Gasteiger charge is -2.30. The summed E-state index contributed by atoms with van der Waals surface area (Å²) >= 11 is 0. The maximum Gasteiger partial charge on any atom is 0.419 e. The fourth-order valence-corrected chi connectivity index (χ4v) is 11.2. The Morgan fingerprint density at radius 3 is 1.58 bits per heavy atom. The minimum absolute atomic E-state index is 0.0549. The summed E-state index contributed by atoms with van der Waals surface area (Å²) in [6, 6.07) is 15.5. The van der Waals surface area contributed by atoms with Gasteiger partial charge < -0.3 is 60.7 Å². The maximum atomic E-state index is 15.7. The normalized spacial score (nSPS) is 15.4. The van der Waals surface area contributed by atoms with Crippen LogP contribution in [0.5, 0.6) is 5.75 Å². The number of aromatic nitrogens is 3. The van der Waals surface area contributed by atoms with Gasteiger partial charge in [0.25, 0.3) is 0 Å². The molecule has 2 aromatic heterocycles. The molecule has 8 amide bonds. The van der Waals surface area contributed by atoms with Gasteiger partial charge in [-0.25, -0.2) is 33.6 Å². The maximum absolute atomic E-state index is 15.7. The second-order valence-corrected chi connectivity index (χ2v) is 31.2. The highest BCUT2D eigenvalue weighted by Gasteiger charge is 2.44. The average Bonchev–Trinajstić information content (AvgIpc) is 1.63. The molecular weight excluding hydrogens is 1320 g/mol. The number of hydrogen-bond acceptors (Lipinski definition) is 17. The first-order chi connectivity index (χ1) is 47.9. The number of carbonyl (C=O) groups is 11. The number of carboxylic acids is 1. The number of para-hydroxylation sites is 1. The summed E-state index contributed by atoms with van der Waals surface area (Å²) in [6.45, 7) is 28.6. The second kappa shape index (κ2) is 33.3. The van der Waals surface area contributed by atoms with E-state index in [1.807, 2.05) is 57.2 Å². The van der Waals surface area contributed by atoms with Crippen LogP contribution < -0.4 is 36.6 Å². The zero-order valence-corrected chi connectivity index (χ0v) is 61.9. The fourth-order valence-electron chi connectivity index (χ4n) is 11.2. The van der Waals surface area contributed by atoms with Gasteiger partial charge in [-0.05, 0) is 168 Å². The van der Waals surface area contributed by atoms with E-state index in [1.54, 1.807) is 152 Å². The van der Waals surface area contributed by atoms with Crippen molar-refractivity contribution in [1.29, 1.82) is 0 Å².